The van der Waals surface area contributed by atoms with Gasteiger partial charge in [0, 0.05) is 19.1 Å². The highest BCUT2D eigenvalue weighted by molar-refractivity contribution is 7.89. The Hall–Kier alpha value is -0.910. The van der Waals surface area contributed by atoms with Gasteiger partial charge in [0.2, 0.25) is 10.0 Å². The molecule has 2 aliphatic rings. The van der Waals surface area contributed by atoms with Crippen LogP contribution < -0.4 is 5.32 Å². The molecule has 1 N–H and O–H groups in total. The number of sulfonamides is 1. The number of nitrogens with zero attached hydrogens (tertiary/aromatic N) is 1. The van der Waals surface area contributed by atoms with Gasteiger partial charge in [-0.05, 0) is 43.9 Å². The second-order valence-corrected chi connectivity index (χ2v) is 7.37. The van der Waals surface area contributed by atoms with Gasteiger partial charge in [-0.1, -0.05) is 18.2 Å². The van der Waals surface area contributed by atoms with Crippen molar-refractivity contribution in [1.82, 2.24) is 9.62 Å². The third-order valence-corrected chi connectivity index (χ3v) is 6.12. The lowest BCUT2D eigenvalue weighted by molar-refractivity contribution is 0.171. The number of benzene rings is 1. The van der Waals surface area contributed by atoms with E-state index in [2.05, 4.69) is 5.32 Å². The van der Waals surface area contributed by atoms with E-state index in [1.165, 1.54) is 0 Å². The number of nitrogens with one attached hydrogen (secondary N) is 1. The summed E-state index contributed by atoms with van der Waals surface area (Å²) in [5, 5.41) is 3.51. The molecular weight excluding hydrogens is 260 g/mol. The maximum atomic E-state index is 12.6. The van der Waals surface area contributed by atoms with E-state index < -0.39 is 10.0 Å². The van der Waals surface area contributed by atoms with Crippen LogP contribution in [-0.4, -0.2) is 38.4 Å². The lowest BCUT2D eigenvalue weighted by atomic mass is 9.86. The summed E-state index contributed by atoms with van der Waals surface area (Å²) in [6.45, 7) is 2.37. The average Bonchev–Trinajstić information content (AvgIpc) is 2.47. The minimum absolute atomic E-state index is 0.414. The lowest BCUT2D eigenvalue weighted by Gasteiger charge is -2.41. The maximum Gasteiger partial charge on any atom is 0.243 e. The lowest BCUT2D eigenvalue weighted by Crippen LogP contribution is -2.53. The third kappa shape index (κ3) is 2.55. The molecule has 104 valence electrons. The van der Waals surface area contributed by atoms with Crippen molar-refractivity contribution in [2.24, 2.45) is 5.92 Å². The molecule has 2 heterocycles. The quantitative estimate of drug-likeness (QED) is 0.892. The van der Waals surface area contributed by atoms with Crippen LogP contribution in [0.1, 0.15) is 19.3 Å². The average molecular weight is 280 g/mol. The highest BCUT2D eigenvalue weighted by Crippen LogP contribution is 2.28. The molecule has 1 aromatic rings. The molecule has 0 unspecified atom stereocenters. The molecule has 5 heteroatoms. The second-order valence-electron chi connectivity index (χ2n) is 5.43. The fourth-order valence-corrected chi connectivity index (χ4v) is 4.70. The Morgan fingerprint density at radius 1 is 1.16 bits per heavy atom. The molecule has 3 rings (SSSR count). The molecule has 19 heavy (non-hydrogen) atoms. The Labute approximate surface area is 114 Å². The van der Waals surface area contributed by atoms with Crippen molar-refractivity contribution < 1.29 is 8.42 Å². The zero-order valence-electron chi connectivity index (χ0n) is 11.0. The van der Waals surface area contributed by atoms with E-state index >= 15 is 0 Å². The fraction of sp³-hybridized carbons (Fsp3) is 0.571. The SMILES string of the molecule is O=S(=O)(c1ccccc1)N1CC[C@@H]2NCCC[C@@H]2C1. The Morgan fingerprint density at radius 2 is 1.95 bits per heavy atom. The van der Waals surface area contributed by atoms with Gasteiger partial charge in [-0.15, -0.1) is 0 Å². The molecule has 0 bridgehead atoms. The Morgan fingerprint density at radius 3 is 2.74 bits per heavy atom. The summed E-state index contributed by atoms with van der Waals surface area (Å²) in [7, 11) is -3.31. The van der Waals surface area contributed by atoms with E-state index in [-0.39, 0.29) is 0 Å². The Balaban J connectivity index is 1.79. The van der Waals surface area contributed by atoms with Crippen LogP contribution in [0, 0.1) is 5.92 Å². The smallest absolute Gasteiger partial charge is 0.243 e. The van der Waals surface area contributed by atoms with Crippen LogP contribution in [-0.2, 0) is 10.0 Å². The minimum Gasteiger partial charge on any atom is -0.314 e. The van der Waals surface area contributed by atoms with Crippen molar-refractivity contribution >= 4 is 10.0 Å². The second kappa shape index (κ2) is 5.23. The number of fused-ring (bicyclic) bond motifs is 1. The molecule has 2 atom stereocenters. The van der Waals surface area contributed by atoms with Crippen LogP contribution in [0.3, 0.4) is 0 Å². The van der Waals surface area contributed by atoms with Crippen LogP contribution in [0.2, 0.25) is 0 Å². The summed E-state index contributed by atoms with van der Waals surface area (Å²) in [5.41, 5.74) is 0. The molecule has 4 nitrogen and oxygen atoms in total. The van der Waals surface area contributed by atoms with Gasteiger partial charge in [-0.2, -0.15) is 4.31 Å². The van der Waals surface area contributed by atoms with Gasteiger partial charge in [-0.25, -0.2) is 8.42 Å². The largest absolute Gasteiger partial charge is 0.314 e. The first kappa shape index (κ1) is 13.1. The van der Waals surface area contributed by atoms with Crippen LogP contribution in [0.4, 0.5) is 0 Å². The predicted octanol–water partition coefficient (Wildman–Crippen LogP) is 1.45. The van der Waals surface area contributed by atoms with Crippen molar-refractivity contribution in [3.05, 3.63) is 30.3 Å². The monoisotopic (exact) mass is 280 g/mol. The molecular formula is C14H20N2O2S. The topological polar surface area (TPSA) is 49.4 Å². The summed E-state index contributed by atoms with van der Waals surface area (Å²) in [5.74, 6) is 0.473. The minimum atomic E-state index is -3.31. The number of hydrogen-bond donors (Lipinski definition) is 1. The van der Waals surface area contributed by atoms with E-state index in [9.17, 15) is 8.42 Å². The zero-order chi connectivity index (χ0) is 13.3. The van der Waals surface area contributed by atoms with Crippen LogP contribution >= 0.6 is 0 Å². The summed E-state index contributed by atoms with van der Waals surface area (Å²) >= 11 is 0. The summed E-state index contributed by atoms with van der Waals surface area (Å²) in [6.07, 6.45) is 3.22. The third-order valence-electron chi connectivity index (χ3n) is 4.24. The summed E-state index contributed by atoms with van der Waals surface area (Å²) in [4.78, 5) is 0.414. The standard InChI is InChI=1S/C14H20N2O2S/c17-19(18,13-6-2-1-3-7-13)16-10-8-14-12(11-16)5-4-9-15-14/h1-3,6-7,12,14-15H,4-5,8-11H2/t12-,14+/m1/s1. The van der Waals surface area contributed by atoms with Gasteiger partial charge in [0.1, 0.15) is 0 Å². The van der Waals surface area contributed by atoms with Gasteiger partial charge in [0.15, 0.2) is 0 Å². The molecule has 0 aromatic heterocycles. The molecule has 2 saturated heterocycles. The highest BCUT2D eigenvalue weighted by atomic mass is 32.2. The molecule has 2 aliphatic heterocycles. The van der Waals surface area contributed by atoms with Gasteiger partial charge in [0.05, 0.1) is 4.90 Å². The van der Waals surface area contributed by atoms with Crippen LogP contribution in [0.15, 0.2) is 35.2 Å². The molecule has 0 aliphatic carbocycles. The number of rotatable bonds is 2. The first-order valence-electron chi connectivity index (χ1n) is 6.96. The Kier molecular flexibility index (Phi) is 3.60. The molecule has 0 saturated carbocycles. The normalized spacial score (nSPS) is 28.8. The first-order valence-corrected chi connectivity index (χ1v) is 8.40. The van der Waals surface area contributed by atoms with Crippen LogP contribution in [0.25, 0.3) is 0 Å². The van der Waals surface area contributed by atoms with E-state index in [0.29, 0.717) is 29.9 Å². The summed E-state index contributed by atoms with van der Waals surface area (Å²) < 4.78 is 26.8. The zero-order valence-corrected chi connectivity index (χ0v) is 11.8. The molecule has 0 radical (unpaired) electrons. The molecule has 1 aromatic carbocycles. The van der Waals surface area contributed by atoms with Crippen molar-refractivity contribution in [1.29, 1.82) is 0 Å². The van der Waals surface area contributed by atoms with Crippen LogP contribution in [0.5, 0.6) is 0 Å². The first-order chi connectivity index (χ1) is 9.18. The van der Waals surface area contributed by atoms with E-state index in [0.717, 1.165) is 25.8 Å². The van der Waals surface area contributed by atoms with Gasteiger partial charge < -0.3 is 5.32 Å². The van der Waals surface area contributed by atoms with Gasteiger partial charge in [-0.3, -0.25) is 0 Å². The van der Waals surface area contributed by atoms with E-state index in [1.54, 1.807) is 28.6 Å². The van der Waals surface area contributed by atoms with Gasteiger partial charge >= 0.3 is 0 Å². The highest BCUT2D eigenvalue weighted by Gasteiger charge is 2.36. The molecule has 0 amide bonds. The maximum absolute atomic E-state index is 12.6. The van der Waals surface area contributed by atoms with E-state index in [1.807, 2.05) is 6.07 Å². The van der Waals surface area contributed by atoms with Crippen molar-refractivity contribution in [3.63, 3.8) is 0 Å². The van der Waals surface area contributed by atoms with Crippen molar-refractivity contribution in [3.8, 4) is 0 Å². The fourth-order valence-electron chi connectivity index (χ4n) is 3.17. The van der Waals surface area contributed by atoms with Crippen molar-refractivity contribution in [2.75, 3.05) is 19.6 Å². The number of piperidine rings is 2. The Bertz CT molecular complexity index is 530. The van der Waals surface area contributed by atoms with Gasteiger partial charge in [0.25, 0.3) is 0 Å². The number of hydrogen-bond acceptors (Lipinski definition) is 3. The molecule has 2 fully saturated rings. The molecule has 0 spiro atoms. The summed E-state index contributed by atoms with van der Waals surface area (Å²) in [6, 6.07) is 9.28. The van der Waals surface area contributed by atoms with Crippen molar-refractivity contribution in [2.45, 2.75) is 30.2 Å². The van der Waals surface area contributed by atoms with E-state index in [4.69, 9.17) is 0 Å². The predicted molar refractivity (Wildman–Crippen MR) is 74.3 cm³/mol.